The first-order chi connectivity index (χ1) is 14.9. The van der Waals surface area contributed by atoms with Crippen LogP contribution in [0.2, 0.25) is 5.02 Å². The number of hydrogen-bond donors (Lipinski definition) is 1. The standard InChI is InChI=1S/C22H26ClN5O3/c1-25-10-12-27(13-11-25)19-7-5-17(15-18(19)23)24-22(29)16-4-6-20(21(14-16)28(30)31)26-8-2-3-9-26/h4-7,14-15H,2-3,8-13H2,1H3,(H,24,29). The number of carbonyl (C=O) groups is 1. The number of rotatable bonds is 5. The van der Waals surface area contributed by atoms with E-state index in [-0.39, 0.29) is 11.3 Å². The van der Waals surface area contributed by atoms with Crippen molar-refractivity contribution in [3.05, 3.63) is 57.1 Å². The highest BCUT2D eigenvalue weighted by molar-refractivity contribution is 6.33. The SMILES string of the molecule is CN1CCN(c2ccc(NC(=O)c3ccc(N4CCCC4)c([N+](=O)[O-])c3)cc2Cl)CC1. The molecule has 1 amide bonds. The minimum Gasteiger partial charge on any atom is -0.368 e. The number of nitrogens with zero attached hydrogens (tertiary/aromatic N) is 4. The first-order valence-corrected chi connectivity index (χ1v) is 10.9. The molecule has 0 aromatic heterocycles. The van der Waals surface area contributed by atoms with Crippen molar-refractivity contribution in [2.24, 2.45) is 0 Å². The van der Waals surface area contributed by atoms with E-state index in [1.54, 1.807) is 18.2 Å². The monoisotopic (exact) mass is 443 g/mol. The summed E-state index contributed by atoms with van der Waals surface area (Å²) < 4.78 is 0. The van der Waals surface area contributed by atoms with E-state index in [1.165, 1.54) is 6.07 Å². The lowest BCUT2D eigenvalue weighted by Crippen LogP contribution is -2.44. The van der Waals surface area contributed by atoms with Gasteiger partial charge in [-0.25, -0.2) is 0 Å². The highest BCUT2D eigenvalue weighted by atomic mass is 35.5. The second-order valence-electron chi connectivity index (χ2n) is 8.07. The van der Waals surface area contributed by atoms with Crippen molar-refractivity contribution in [2.75, 3.05) is 61.4 Å². The summed E-state index contributed by atoms with van der Waals surface area (Å²) in [4.78, 5) is 30.4. The van der Waals surface area contributed by atoms with Crippen LogP contribution in [0, 0.1) is 10.1 Å². The van der Waals surface area contributed by atoms with Gasteiger partial charge < -0.3 is 20.0 Å². The van der Waals surface area contributed by atoms with Crippen LogP contribution in [-0.2, 0) is 0 Å². The largest absolute Gasteiger partial charge is 0.368 e. The molecule has 0 bridgehead atoms. The molecule has 2 aromatic carbocycles. The van der Waals surface area contributed by atoms with E-state index in [2.05, 4.69) is 22.2 Å². The summed E-state index contributed by atoms with van der Waals surface area (Å²) in [7, 11) is 2.10. The zero-order chi connectivity index (χ0) is 22.0. The highest BCUT2D eigenvalue weighted by Gasteiger charge is 2.24. The van der Waals surface area contributed by atoms with Crippen LogP contribution in [0.15, 0.2) is 36.4 Å². The molecular weight excluding hydrogens is 418 g/mol. The van der Waals surface area contributed by atoms with Crippen LogP contribution in [0.25, 0.3) is 0 Å². The van der Waals surface area contributed by atoms with E-state index in [0.717, 1.165) is 57.8 Å². The van der Waals surface area contributed by atoms with E-state index in [9.17, 15) is 14.9 Å². The summed E-state index contributed by atoms with van der Waals surface area (Å²) in [6, 6.07) is 10.1. The smallest absolute Gasteiger partial charge is 0.293 e. The number of hydrogen-bond acceptors (Lipinski definition) is 6. The molecule has 2 fully saturated rings. The van der Waals surface area contributed by atoms with Gasteiger partial charge in [-0.3, -0.25) is 14.9 Å². The maximum absolute atomic E-state index is 12.7. The number of nitrogens with one attached hydrogen (secondary N) is 1. The maximum atomic E-state index is 12.7. The molecule has 2 aliphatic rings. The minimum absolute atomic E-state index is 0.0435. The third-order valence-electron chi connectivity index (χ3n) is 5.93. The Morgan fingerprint density at radius 3 is 2.26 bits per heavy atom. The molecule has 0 aliphatic carbocycles. The van der Waals surface area contributed by atoms with Gasteiger partial charge >= 0.3 is 0 Å². The molecule has 9 heteroatoms. The van der Waals surface area contributed by atoms with Gasteiger partial charge in [0.1, 0.15) is 5.69 Å². The summed E-state index contributed by atoms with van der Waals surface area (Å²) in [5, 5.41) is 15.0. The fourth-order valence-corrected chi connectivity index (χ4v) is 4.43. The molecule has 0 atom stereocenters. The van der Waals surface area contributed by atoms with Gasteiger partial charge in [-0.15, -0.1) is 0 Å². The van der Waals surface area contributed by atoms with Crippen molar-refractivity contribution in [3.63, 3.8) is 0 Å². The number of anilines is 3. The third kappa shape index (κ3) is 4.75. The molecule has 8 nitrogen and oxygen atoms in total. The number of likely N-dealkylation sites (N-methyl/N-ethyl adjacent to an activating group) is 1. The first-order valence-electron chi connectivity index (χ1n) is 10.5. The van der Waals surface area contributed by atoms with E-state index in [4.69, 9.17) is 11.6 Å². The molecule has 0 unspecified atom stereocenters. The Bertz CT molecular complexity index is 985. The molecule has 31 heavy (non-hydrogen) atoms. The summed E-state index contributed by atoms with van der Waals surface area (Å²) in [5.41, 5.74) is 2.27. The van der Waals surface area contributed by atoms with E-state index >= 15 is 0 Å². The molecule has 1 N–H and O–H groups in total. The molecular formula is C22H26ClN5O3. The van der Waals surface area contributed by atoms with Crippen LogP contribution >= 0.6 is 11.6 Å². The summed E-state index contributed by atoms with van der Waals surface area (Å²) in [5.74, 6) is -0.403. The molecule has 2 saturated heterocycles. The molecule has 2 heterocycles. The van der Waals surface area contributed by atoms with Crippen molar-refractivity contribution in [2.45, 2.75) is 12.8 Å². The molecule has 0 saturated carbocycles. The van der Waals surface area contributed by atoms with Crippen LogP contribution in [0.1, 0.15) is 23.2 Å². The lowest BCUT2D eigenvalue weighted by atomic mass is 10.1. The maximum Gasteiger partial charge on any atom is 0.293 e. The predicted octanol–water partition coefficient (Wildman–Crippen LogP) is 3.85. The van der Waals surface area contributed by atoms with E-state index in [0.29, 0.717) is 16.4 Å². The fraction of sp³-hybridized carbons (Fsp3) is 0.409. The Hall–Kier alpha value is -2.84. The zero-order valence-corrected chi connectivity index (χ0v) is 18.3. The molecule has 2 aliphatic heterocycles. The average Bonchev–Trinajstić information content (AvgIpc) is 3.29. The number of nitro groups is 1. The quantitative estimate of drug-likeness (QED) is 0.558. The normalized spacial score (nSPS) is 17.1. The molecule has 164 valence electrons. The Morgan fingerprint density at radius 1 is 0.968 bits per heavy atom. The number of carbonyl (C=O) groups excluding carboxylic acids is 1. The van der Waals surface area contributed by atoms with Crippen LogP contribution in [0.5, 0.6) is 0 Å². The number of halogens is 1. The van der Waals surface area contributed by atoms with Crippen LogP contribution in [0.4, 0.5) is 22.7 Å². The third-order valence-corrected chi connectivity index (χ3v) is 6.23. The number of nitro benzene ring substituents is 1. The van der Waals surface area contributed by atoms with Gasteiger partial charge in [0.25, 0.3) is 11.6 Å². The van der Waals surface area contributed by atoms with Crippen molar-refractivity contribution >= 4 is 40.3 Å². The molecule has 2 aromatic rings. The number of piperazine rings is 1. The van der Waals surface area contributed by atoms with Crippen LogP contribution < -0.4 is 15.1 Å². The topological polar surface area (TPSA) is 82.0 Å². The lowest BCUT2D eigenvalue weighted by Gasteiger charge is -2.34. The Kier molecular flexibility index (Phi) is 6.29. The Labute approximate surface area is 186 Å². The van der Waals surface area contributed by atoms with Gasteiger partial charge in [-0.05, 0) is 50.2 Å². The van der Waals surface area contributed by atoms with Crippen LogP contribution in [0.3, 0.4) is 0 Å². The summed E-state index contributed by atoms with van der Waals surface area (Å²) in [6.45, 7) is 5.33. The van der Waals surface area contributed by atoms with Gasteiger partial charge in [-0.1, -0.05) is 11.6 Å². The van der Waals surface area contributed by atoms with Crippen molar-refractivity contribution in [3.8, 4) is 0 Å². The lowest BCUT2D eigenvalue weighted by molar-refractivity contribution is -0.384. The second kappa shape index (κ2) is 9.11. The van der Waals surface area contributed by atoms with Gasteiger partial charge in [0, 0.05) is 56.6 Å². The second-order valence-corrected chi connectivity index (χ2v) is 8.47. The number of amides is 1. The number of benzene rings is 2. The first kappa shape index (κ1) is 21.4. The minimum atomic E-state index is -0.424. The summed E-state index contributed by atoms with van der Waals surface area (Å²) in [6.07, 6.45) is 2.04. The van der Waals surface area contributed by atoms with E-state index in [1.807, 2.05) is 17.0 Å². The van der Waals surface area contributed by atoms with Gasteiger partial charge in [0.15, 0.2) is 0 Å². The summed E-state index contributed by atoms with van der Waals surface area (Å²) >= 11 is 6.49. The Morgan fingerprint density at radius 2 is 1.61 bits per heavy atom. The van der Waals surface area contributed by atoms with E-state index < -0.39 is 10.8 Å². The van der Waals surface area contributed by atoms with Gasteiger partial charge in [0.05, 0.1) is 15.6 Å². The van der Waals surface area contributed by atoms with Gasteiger partial charge in [0.2, 0.25) is 0 Å². The molecule has 0 radical (unpaired) electrons. The van der Waals surface area contributed by atoms with Crippen molar-refractivity contribution < 1.29 is 9.72 Å². The van der Waals surface area contributed by atoms with Gasteiger partial charge in [-0.2, -0.15) is 0 Å². The van der Waals surface area contributed by atoms with Crippen molar-refractivity contribution in [1.82, 2.24) is 4.90 Å². The van der Waals surface area contributed by atoms with Crippen molar-refractivity contribution in [1.29, 1.82) is 0 Å². The molecule has 0 spiro atoms. The fourth-order valence-electron chi connectivity index (χ4n) is 4.13. The highest BCUT2D eigenvalue weighted by Crippen LogP contribution is 2.33. The zero-order valence-electron chi connectivity index (χ0n) is 17.5. The predicted molar refractivity (Wildman–Crippen MR) is 124 cm³/mol. The van der Waals surface area contributed by atoms with Crippen LogP contribution in [-0.4, -0.2) is 62.0 Å². The molecule has 4 rings (SSSR count). The Balaban J connectivity index is 1.49. The average molecular weight is 444 g/mol.